The second-order valence-electron chi connectivity index (χ2n) is 7.73. The Bertz CT molecular complexity index is 1170. The number of hydrogen-bond acceptors (Lipinski definition) is 4. The van der Waals surface area contributed by atoms with Gasteiger partial charge in [0.05, 0.1) is 10.7 Å². The number of fused-ring (bicyclic) bond motifs is 1. The van der Waals surface area contributed by atoms with Gasteiger partial charge >= 0.3 is 5.97 Å². The minimum absolute atomic E-state index is 0.0761. The Morgan fingerprint density at radius 1 is 1.22 bits per heavy atom. The molecule has 0 unspecified atom stereocenters. The van der Waals surface area contributed by atoms with E-state index in [-0.39, 0.29) is 6.54 Å². The Morgan fingerprint density at radius 3 is 2.75 bits per heavy atom. The maximum Gasteiger partial charge on any atom is 0.323 e. The third-order valence-corrected chi connectivity index (χ3v) is 8.01. The standard InChI is InChI=1S/C26H24ClNO2S2/c1-17-8-3-5-12-22(17)31-18(2)14-19-9-7-10-20(26(19)27)15-24-28(16-25(29)30)21-11-4-6-13-23(21)32-24/h3-6,8,11-15H,2,7,9-10,16H2,1H3,(H,29,30)/b19-14+,24-15+. The van der Waals surface area contributed by atoms with Crippen molar-refractivity contribution >= 4 is 46.8 Å². The minimum Gasteiger partial charge on any atom is -0.480 e. The first-order valence-corrected chi connectivity index (χ1v) is 12.4. The summed E-state index contributed by atoms with van der Waals surface area (Å²) in [5.41, 5.74) is 4.28. The molecular formula is C26H24ClNO2S2. The lowest BCUT2D eigenvalue weighted by Crippen LogP contribution is -2.25. The number of allylic oxidation sites excluding steroid dienone is 5. The SMILES string of the molecule is C=C(/C=C1\CCCC(/C=C2/Sc3ccccc3N2CC(=O)O)=C1Cl)Sc1ccccc1C. The Kier molecular flexibility index (Phi) is 7.19. The van der Waals surface area contributed by atoms with Gasteiger partial charge in [0.15, 0.2) is 0 Å². The average molecular weight is 482 g/mol. The molecule has 0 spiro atoms. The quantitative estimate of drug-likeness (QED) is 0.427. The van der Waals surface area contributed by atoms with Crippen molar-refractivity contribution in [3.63, 3.8) is 0 Å². The topological polar surface area (TPSA) is 40.5 Å². The van der Waals surface area contributed by atoms with Gasteiger partial charge in [0.1, 0.15) is 6.54 Å². The highest BCUT2D eigenvalue weighted by Gasteiger charge is 2.27. The first-order valence-electron chi connectivity index (χ1n) is 10.4. The monoisotopic (exact) mass is 481 g/mol. The Balaban J connectivity index is 1.60. The molecule has 0 aromatic heterocycles. The van der Waals surface area contributed by atoms with Crippen LogP contribution in [0.3, 0.4) is 0 Å². The number of hydrogen-bond donors (Lipinski definition) is 1. The lowest BCUT2D eigenvalue weighted by Gasteiger charge is -2.21. The highest BCUT2D eigenvalue weighted by atomic mass is 35.5. The van der Waals surface area contributed by atoms with Gasteiger partial charge in [-0.25, -0.2) is 0 Å². The molecule has 0 bridgehead atoms. The highest BCUT2D eigenvalue weighted by molar-refractivity contribution is 8.03. The highest BCUT2D eigenvalue weighted by Crippen LogP contribution is 2.47. The predicted molar refractivity (Wildman–Crippen MR) is 136 cm³/mol. The number of para-hydroxylation sites is 1. The van der Waals surface area contributed by atoms with E-state index in [1.807, 2.05) is 41.3 Å². The fourth-order valence-corrected chi connectivity index (χ4v) is 6.10. The van der Waals surface area contributed by atoms with Crippen molar-refractivity contribution in [1.82, 2.24) is 0 Å². The molecule has 2 aromatic carbocycles. The summed E-state index contributed by atoms with van der Waals surface area (Å²) in [4.78, 5) is 16.5. The first-order chi connectivity index (χ1) is 15.4. The van der Waals surface area contributed by atoms with Gasteiger partial charge in [0.2, 0.25) is 0 Å². The fraction of sp³-hybridized carbons (Fsp3) is 0.192. The normalized spacial score (nSPS) is 18.4. The minimum atomic E-state index is -0.859. The van der Waals surface area contributed by atoms with Crippen molar-refractivity contribution in [2.75, 3.05) is 11.4 Å². The van der Waals surface area contributed by atoms with Crippen LogP contribution in [-0.4, -0.2) is 17.6 Å². The van der Waals surface area contributed by atoms with Crippen molar-refractivity contribution in [1.29, 1.82) is 0 Å². The summed E-state index contributed by atoms with van der Waals surface area (Å²) in [6.45, 7) is 6.25. The third-order valence-electron chi connectivity index (χ3n) is 5.35. The van der Waals surface area contributed by atoms with Gasteiger partial charge in [-0.2, -0.15) is 0 Å². The summed E-state index contributed by atoms with van der Waals surface area (Å²) in [6, 6.07) is 16.2. The molecule has 1 N–H and O–H groups in total. The van der Waals surface area contributed by atoms with E-state index in [9.17, 15) is 9.90 Å². The van der Waals surface area contributed by atoms with Crippen LogP contribution in [0.4, 0.5) is 5.69 Å². The molecule has 32 heavy (non-hydrogen) atoms. The number of anilines is 1. The molecule has 2 aliphatic rings. The molecule has 6 heteroatoms. The number of thioether (sulfide) groups is 2. The van der Waals surface area contributed by atoms with E-state index in [4.69, 9.17) is 11.6 Å². The molecule has 0 radical (unpaired) electrons. The van der Waals surface area contributed by atoms with Crippen LogP contribution in [-0.2, 0) is 4.79 Å². The summed E-state index contributed by atoms with van der Waals surface area (Å²) in [7, 11) is 0. The van der Waals surface area contributed by atoms with Crippen LogP contribution in [0.5, 0.6) is 0 Å². The molecule has 1 heterocycles. The molecule has 3 nitrogen and oxygen atoms in total. The molecule has 164 valence electrons. The van der Waals surface area contributed by atoms with E-state index in [0.29, 0.717) is 0 Å². The summed E-state index contributed by atoms with van der Waals surface area (Å²) in [5, 5.41) is 11.1. The number of benzene rings is 2. The number of nitrogens with zero attached hydrogens (tertiary/aromatic N) is 1. The fourth-order valence-electron chi connectivity index (χ4n) is 3.81. The van der Waals surface area contributed by atoms with Crippen molar-refractivity contribution in [3.8, 4) is 0 Å². The van der Waals surface area contributed by atoms with Crippen molar-refractivity contribution in [2.45, 2.75) is 36.0 Å². The number of halogens is 1. The molecule has 0 saturated carbocycles. The summed E-state index contributed by atoms with van der Waals surface area (Å²) >= 11 is 10.1. The third kappa shape index (κ3) is 5.17. The predicted octanol–water partition coefficient (Wildman–Crippen LogP) is 7.74. The van der Waals surface area contributed by atoms with Crippen molar-refractivity contribution in [2.24, 2.45) is 0 Å². The molecule has 0 atom stereocenters. The van der Waals surface area contributed by atoms with Crippen LogP contribution in [0.2, 0.25) is 0 Å². The maximum absolute atomic E-state index is 11.5. The zero-order valence-electron chi connectivity index (χ0n) is 17.8. The van der Waals surface area contributed by atoms with Crippen LogP contribution in [0, 0.1) is 6.92 Å². The van der Waals surface area contributed by atoms with Crippen molar-refractivity contribution in [3.05, 3.63) is 98.9 Å². The molecule has 0 saturated heterocycles. The van der Waals surface area contributed by atoms with Gasteiger partial charge < -0.3 is 10.0 Å². The van der Waals surface area contributed by atoms with Crippen LogP contribution in [0.25, 0.3) is 0 Å². The van der Waals surface area contributed by atoms with Crippen LogP contribution < -0.4 is 4.90 Å². The van der Waals surface area contributed by atoms with Gasteiger partial charge in [0.25, 0.3) is 0 Å². The molecule has 4 rings (SSSR count). The van der Waals surface area contributed by atoms with Gasteiger partial charge in [-0.3, -0.25) is 4.79 Å². The number of aryl methyl sites for hydroxylation is 1. The van der Waals surface area contributed by atoms with E-state index in [1.165, 1.54) is 10.5 Å². The van der Waals surface area contributed by atoms with Crippen LogP contribution in [0.1, 0.15) is 24.8 Å². The Labute approximate surface area is 202 Å². The van der Waals surface area contributed by atoms with E-state index in [1.54, 1.807) is 23.5 Å². The van der Waals surface area contributed by atoms with E-state index in [2.05, 4.69) is 37.8 Å². The molecule has 1 aliphatic heterocycles. The average Bonchev–Trinajstić information content (AvgIpc) is 3.09. The van der Waals surface area contributed by atoms with Gasteiger partial charge in [-0.1, -0.05) is 72.0 Å². The van der Waals surface area contributed by atoms with E-state index < -0.39 is 5.97 Å². The number of carbonyl (C=O) groups is 1. The second kappa shape index (κ2) is 10.1. The summed E-state index contributed by atoms with van der Waals surface area (Å²) in [5.74, 6) is -0.859. The van der Waals surface area contributed by atoms with Crippen LogP contribution >= 0.6 is 35.1 Å². The summed E-state index contributed by atoms with van der Waals surface area (Å²) < 4.78 is 0. The zero-order valence-corrected chi connectivity index (χ0v) is 20.2. The molecule has 0 fully saturated rings. The Morgan fingerprint density at radius 2 is 1.97 bits per heavy atom. The number of aliphatic carboxylic acids is 1. The lowest BCUT2D eigenvalue weighted by molar-refractivity contribution is -0.135. The Hall–Kier alpha value is -2.34. The zero-order chi connectivity index (χ0) is 22.7. The van der Waals surface area contributed by atoms with E-state index >= 15 is 0 Å². The number of carboxylic acids is 1. The molecular weight excluding hydrogens is 458 g/mol. The van der Waals surface area contributed by atoms with Crippen LogP contribution in [0.15, 0.2) is 103 Å². The molecule has 2 aromatic rings. The van der Waals surface area contributed by atoms with Crippen molar-refractivity contribution < 1.29 is 9.90 Å². The number of rotatable bonds is 6. The number of carboxylic acid groups (broad SMARTS) is 1. The molecule has 0 amide bonds. The largest absolute Gasteiger partial charge is 0.480 e. The van der Waals surface area contributed by atoms with Gasteiger partial charge in [0, 0.05) is 19.7 Å². The van der Waals surface area contributed by atoms with Gasteiger partial charge in [-0.05, 0) is 73.2 Å². The summed E-state index contributed by atoms with van der Waals surface area (Å²) in [6.07, 6.45) is 6.92. The van der Waals surface area contributed by atoms with E-state index in [0.717, 1.165) is 56.0 Å². The molecule has 1 aliphatic carbocycles. The smallest absolute Gasteiger partial charge is 0.323 e. The lowest BCUT2D eigenvalue weighted by atomic mass is 9.94. The first kappa shape index (κ1) is 22.8. The van der Waals surface area contributed by atoms with Gasteiger partial charge in [-0.15, -0.1) is 0 Å². The maximum atomic E-state index is 11.5. The second-order valence-corrected chi connectivity index (χ2v) is 10.3.